The number of amides is 3. The zero-order valence-corrected chi connectivity index (χ0v) is 17.7. The molecule has 1 aromatic rings. The van der Waals surface area contributed by atoms with Crippen LogP contribution in [0.25, 0.3) is 0 Å². The van der Waals surface area contributed by atoms with Crippen LogP contribution in [0.1, 0.15) is 60.8 Å². The molecule has 0 bridgehead atoms. The van der Waals surface area contributed by atoms with Crippen molar-refractivity contribution in [3.05, 3.63) is 16.0 Å². The largest absolute Gasteiger partial charge is 0.456 e. The van der Waals surface area contributed by atoms with Gasteiger partial charge in [0.1, 0.15) is 10.6 Å². The lowest BCUT2D eigenvalue weighted by molar-refractivity contribution is -0.147. The van der Waals surface area contributed by atoms with Gasteiger partial charge in [0.2, 0.25) is 0 Å². The number of anilines is 1. The van der Waals surface area contributed by atoms with Crippen molar-refractivity contribution in [3.8, 4) is 0 Å². The number of aryl methyl sites for hydroxylation is 1. The number of primary amides is 1. The topological polar surface area (TPSA) is 137 Å². The van der Waals surface area contributed by atoms with Gasteiger partial charge in [0.25, 0.3) is 11.8 Å². The molecule has 0 atom stereocenters. The maximum atomic E-state index is 12.1. The number of hydrogen-bond acceptors (Lipinski definition) is 7. The number of ether oxygens (including phenoxy) is 2. The molecular weight excluding hydrogens is 398 g/mol. The number of thiophene rings is 1. The Morgan fingerprint density at radius 1 is 1.14 bits per heavy atom. The third-order valence-corrected chi connectivity index (χ3v) is 5.24. The number of carbonyl (C=O) groups excluding carboxylic acids is 4. The van der Waals surface area contributed by atoms with Crippen molar-refractivity contribution in [1.82, 2.24) is 5.32 Å². The summed E-state index contributed by atoms with van der Waals surface area (Å²) >= 11 is 1.34. The Balaban J connectivity index is 1.79. The molecule has 1 aromatic heterocycles. The van der Waals surface area contributed by atoms with E-state index < -0.39 is 36.1 Å². The molecule has 0 saturated carbocycles. The molecule has 0 aromatic carbocycles. The normalized spacial score (nSPS) is 13.2. The van der Waals surface area contributed by atoms with Gasteiger partial charge in [-0.2, -0.15) is 0 Å². The van der Waals surface area contributed by atoms with Gasteiger partial charge in [0.15, 0.2) is 6.61 Å². The van der Waals surface area contributed by atoms with Crippen LogP contribution in [0.2, 0.25) is 0 Å². The van der Waals surface area contributed by atoms with E-state index in [-0.39, 0.29) is 13.0 Å². The Hall–Kier alpha value is -2.62. The van der Waals surface area contributed by atoms with E-state index in [4.69, 9.17) is 15.2 Å². The van der Waals surface area contributed by atoms with Gasteiger partial charge in [0.05, 0.1) is 12.0 Å². The van der Waals surface area contributed by atoms with Gasteiger partial charge in [-0.1, -0.05) is 0 Å². The zero-order chi connectivity index (χ0) is 21.6. The van der Waals surface area contributed by atoms with E-state index in [0.717, 1.165) is 36.1 Å². The van der Waals surface area contributed by atoms with Crippen molar-refractivity contribution in [2.24, 2.45) is 5.73 Å². The fraction of sp³-hybridized carbons (Fsp3) is 0.579. The molecule has 1 aliphatic carbocycles. The fourth-order valence-electron chi connectivity index (χ4n) is 2.88. The first-order valence-electron chi connectivity index (χ1n) is 9.43. The van der Waals surface area contributed by atoms with Crippen LogP contribution in [-0.4, -0.2) is 42.6 Å². The summed E-state index contributed by atoms with van der Waals surface area (Å²) in [4.78, 5) is 48.2. The molecule has 4 N–H and O–H groups in total. The van der Waals surface area contributed by atoms with Crippen molar-refractivity contribution in [2.45, 2.75) is 58.5 Å². The molecule has 9 nitrogen and oxygen atoms in total. The van der Waals surface area contributed by atoms with Crippen molar-refractivity contribution in [2.75, 3.05) is 18.5 Å². The van der Waals surface area contributed by atoms with Gasteiger partial charge in [-0.25, -0.2) is 4.79 Å². The number of fused-ring (bicyclic) bond motifs is 1. The highest BCUT2D eigenvalue weighted by Crippen LogP contribution is 2.37. The third kappa shape index (κ3) is 7.04. The van der Waals surface area contributed by atoms with Crippen LogP contribution in [0.4, 0.5) is 9.80 Å². The van der Waals surface area contributed by atoms with Crippen LogP contribution in [0.3, 0.4) is 0 Å². The maximum Gasteiger partial charge on any atom is 0.407 e. The highest BCUT2D eigenvalue weighted by molar-refractivity contribution is 7.17. The first-order chi connectivity index (χ1) is 13.6. The van der Waals surface area contributed by atoms with Crippen LogP contribution in [0, 0.1) is 0 Å². The van der Waals surface area contributed by atoms with E-state index in [1.54, 1.807) is 20.8 Å². The van der Waals surface area contributed by atoms with E-state index in [9.17, 15) is 19.2 Å². The molecule has 160 valence electrons. The summed E-state index contributed by atoms with van der Waals surface area (Å²) in [6.45, 7) is 4.72. The molecule has 2 rings (SSSR count). The van der Waals surface area contributed by atoms with Crippen molar-refractivity contribution in [3.63, 3.8) is 0 Å². The lowest BCUT2D eigenvalue weighted by Gasteiger charge is -2.19. The summed E-state index contributed by atoms with van der Waals surface area (Å²) in [6.07, 6.45) is 2.89. The lowest BCUT2D eigenvalue weighted by atomic mass is 9.95. The van der Waals surface area contributed by atoms with Crippen molar-refractivity contribution < 1.29 is 28.7 Å². The van der Waals surface area contributed by atoms with Crippen LogP contribution >= 0.6 is 11.3 Å². The predicted octanol–water partition coefficient (Wildman–Crippen LogP) is 2.12. The molecule has 0 saturated heterocycles. The van der Waals surface area contributed by atoms with Crippen molar-refractivity contribution >= 4 is 40.2 Å². The van der Waals surface area contributed by atoms with Crippen LogP contribution in [0.5, 0.6) is 0 Å². The molecule has 0 spiro atoms. The summed E-state index contributed by atoms with van der Waals surface area (Å²) in [5.74, 6) is -1.78. The molecule has 1 aliphatic rings. The minimum atomic E-state index is -0.642. The standard InChI is InChI=1S/C19H27N3O6S/c1-19(2,3)28-18(26)21-9-8-14(24)27-10-13(23)22-17-15(16(20)25)11-6-4-5-7-12(11)29-17/h4-10H2,1-3H3,(H2,20,25)(H,21,26)(H,22,23). The third-order valence-electron chi connectivity index (χ3n) is 4.03. The summed E-state index contributed by atoms with van der Waals surface area (Å²) in [5, 5.41) is 5.45. The number of hydrogen-bond donors (Lipinski definition) is 3. The molecule has 3 amide bonds. The monoisotopic (exact) mass is 425 g/mol. The summed E-state index contributed by atoms with van der Waals surface area (Å²) < 4.78 is 9.95. The van der Waals surface area contributed by atoms with E-state index in [1.165, 1.54) is 11.3 Å². The molecule has 10 heteroatoms. The van der Waals surface area contributed by atoms with Gasteiger partial charge < -0.3 is 25.8 Å². The Morgan fingerprint density at radius 2 is 1.83 bits per heavy atom. The molecule has 0 aliphatic heterocycles. The van der Waals surface area contributed by atoms with Gasteiger partial charge in [0, 0.05) is 11.4 Å². The van der Waals surface area contributed by atoms with E-state index in [1.807, 2.05) is 0 Å². The number of esters is 1. The summed E-state index contributed by atoms with van der Waals surface area (Å²) in [6, 6.07) is 0. The number of nitrogens with two attached hydrogens (primary N) is 1. The second kappa shape index (κ2) is 9.73. The Kier molecular flexibility index (Phi) is 7.60. The van der Waals surface area contributed by atoms with Crippen LogP contribution in [0.15, 0.2) is 0 Å². The highest BCUT2D eigenvalue weighted by Gasteiger charge is 2.25. The van der Waals surface area contributed by atoms with Gasteiger partial charge in [-0.3, -0.25) is 14.4 Å². The van der Waals surface area contributed by atoms with E-state index in [0.29, 0.717) is 10.6 Å². The molecule has 1 heterocycles. The van der Waals surface area contributed by atoms with E-state index in [2.05, 4.69) is 10.6 Å². The van der Waals surface area contributed by atoms with Gasteiger partial charge >= 0.3 is 12.1 Å². The van der Waals surface area contributed by atoms with Gasteiger partial charge in [-0.15, -0.1) is 11.3 Å². The quantitative estimate of drug-likeness (QED) is 0.572. The van der Waals surface area contributed by atoms with Crippen LogP contribution in [-0.2, 0) is 31.9 Å². The van der Waals surface area contributed by atoms with Crippen molar-refractivity contribution in [1.29, 1.82) is 0 Å². The molecule has 0 radical (unpaired) electrons. The van der Waals surface area contributed by atoms with Gasteiger partial charge in [-0.05, 0) is 52.0 Å². The number of rotatable bonds is 7. The Morgan fingerprint density at radius 3 is 2.48 bits per heavy atom. The molecule has 0 fully saturated rings. The Bertz CT molecular complexity index is 797. The number of nitrogens with one attached hydrogen (secondary N) is 2. The molecule has 29 heavy (non-hydrogen) atoms. The Labute approximate surface area is 173 Å². The zero-order valence-electron chi connectivity index (χ0n) is 16.9. The highest BCUT2D eigenvalue weighted by atomic mass is 32.1. The molecule has 0 unspecified atom stereocenters. The smallest absolute Gasteiger partial charge is 0.407 e. The van der Waals surface area contributed by atoms with Crippen LogP contribution < -0.4 is 16.4 Å². The fourth-order valence-corrected chi connectivity index (χ4v) is 4.19. The maximum absolute atomic E-state index is 12.1. The molecular formula is C19H27N3O6S. The first-order valence-corrected chi connectivity index (χ1v) is 10.2. The average Bonchev–Trinajstić information content (AvgIpc) is 2.96. The lowest BCUT2D eigenvalue weighted by Crippen LogP contribution is -2.34. The number of carbonyl (C=O) groups is 4. The first kappa shape index (κ1) is 22.7. The number of alkyl carbamates (subject to hydrolysis) is 1. The second-order valence-electron chi connectivity index (χ2n) is 7.67. The summed E-state index contributed by atoms with van der Waals surface area (Å²) in [5.41, 5.74) is 6.12. The minimum Gasteiger partial charge on any atom is -0.456 e. The van der Waals surface area contributed by atoms with E-state index >= 15 is 0 Å². The second-order valence-corrected chi connectivity index (χ2v) is 8.77. The predicted molar refractivity (Wildman–Crippen MR) is 108 cm³/mol. The minimum absolute atomic E-state index is 0.0266. The summed E-state index contributed by atoms with van der Waals surface area (Å²) in [7, 11) is 0. The average molecular weight is 426 g/mol. The SMILES string of the molecule is CC(C)(C)OC(=O)NCCC(=O)OCC(=O)Nc1sc2c(c1C(N)=O)CCCC2.